The van der Waals surface area contributed by atoms with Crippen molar-refractivity contribution in [3.05, 3.63) is 0 Å². The zero-order chi connectivity index (χ0) is 17.5. The van der Waals surface area contributed by atoms with Crippen LogP contribution in [0.15, 0.2) is 0 Å². The van der Waals surface area contributed by atoms with E-state index in [1.165, 1.54) is 64.2 Å². The first kappa shape index (κ1) is 22.5. The smallest absolute Gasteiger partial charge is 0.306 e. The quantitative estimate of drug-likeness (QED) is 0.308. The molecule has 0 aliphatic carbocycles. The predicted molar refractivity (Wildman–Crippen MR) is 101 cm³/mol. The Bertz CT molecular complexity index is 275. The van der Waals surface area contributed by atoms with Gasteiger partial charge in [0.05, 0.1) is 5.92 Å². The van der Waals surface area contributed by atoms with Gasteiger partial charge in [-0.05, 0) is 24.7 Å². The van der Waals surface area contributed by atoms with Gasteiger partial charge in [0.15, 0.2) is 0 Å². The van der Waals surface area contributed by atoms with Gasteiger partial charge in [-0.2, -0.15) is 0 Å². The summed E-state index contributed by atoms with van der Waals surface area (Å²) in [6.45, 7) is 9.00. The van der Waals surface area contributed by atoms with Crippen LogP contribution in [0.5, 0.6) is 0 Å². The van der Waals surface area contributed by atoms with Crippen molar-refractivity contribution in [2.24, 2.45) is 17.8 Å². The molecule has 0 aromatic heterocycles. The van der Waals surface area contributed by atoms with E-state index in [1.807, 2.05) is 0 Å². The molecule has 0 aromatic rings. The summed E-state index contributed by atoms with van der Waals surface area (Å²) in [5.41, 5.74) is 0. The fourth-order valence-corrected chi connectivity index (χ4v) is 3.75. The summed E-state index contributed by atoms with van der Waals surface area (Å²) in [6, 6.07) is 0. The van der Waals surface area contributed by atoms with Gasteiger partial charge in [0.2, 0.25) is 0 Å². The Morgan fingerprint density at radius 1 is 0.783 bits per heavy atom. The van der Waals surface area contributed by atoms with E-state index in [0.29, 0.717) is 11.8 Å². The summed E-state index contributed by atoms with van der Waals surface area (Å²) in [5, 5.41) is 9.57. The normalized spacial score (nSPS) is 15.3. The van der Waals surface area contributed by atoms with E-state index in [9.17, 15) is 9.90 Å². The van der Waals surface area contributed by atoms with Gasteiger partial charge >= 0.3 is 5.97 Å². The van der Waals surface area contributed by atoms with Crippen LogP contribution in [0.3, 0.4) is 0 Å². The van der Waals surface area contributed by atoms with Gasteiger partial charge in [0.25, 0.3) is 0 Å². The van der Waals surface area contributed by atoms with Gasteiger partial charge in [0.1, 0.15) is 0 Å². The SMILES string of the molecule is CCCCCCCCCC(CC(CCC)C(C)CCC)C(=O)O. The largest absolute Gasteiger partial charge is 0.481 e. The molecule has 0 saturated heterocycles. The second-order valence-electron chi connectivity index (χ2n) is 7.50. The Morgan fingerprint density at radius 2 is 1.35 bits per heavy atom. The van der Waals surface area contributed by atoms with E-state index in [0.717, 1.165) is 19.3 Å². The summed E-state index contributed by atoms with van der Waals surface area (Å²) in [6.07, 6.45) is 15.4. The highest BCUT2D eigenvalue weighted by Crippen LogP contribution is 2.30. The van der Waals surface area contributed by atoms with Crippen molar-refractivity contribution in [1.82, 2.24) is 0 Å². The molecular weight excluding hydrogens is 284 g/mol. The second-order valence-corrected chi connectivity index (χ2v) is 7.50. The first-order valence-electron chi connectivity index (χ1n) is 10.3. The number of carbonyl (C=O) groups is 1. The highest BCUT2D eigenvalue weighted by molar-refractivity contribution is 5.69. The van der Waals surface area contributed by atoms with Crippen molar-refractivity contribution in [3.63, 3.8) is 0 Å². The highest BCUT2D eigenvalue weighted by Gasteiger charge is 2.25. The summed E-state index contributed by atoms with van der Waals surface area (Å²) in [4.78, 5) is 11.6. The van der Waals surface area contributed by atoms with Crippen molar-refractivity contribution in [3.8, 4) is 0 Å². The van der Waals surface area contributed by atoms with E-state index in [2.05, 4.69) is 27.7 Å². The number of hydrogen-bond acceptors (Lipinski definition) is 1. The summed E-state index contributed by atoms with van der Waals surface area (Å²) >= 11 is 0. The van der Waals surface area contributed by atoms with Crippen LogP contribution < -0.4 is 0 Å². The predicted octanol–water partition coefficient (Wildman–Crippen LogP) is 7.07. The average molecular weight is 327 g/mol. The number of unbranched alkanes of at least 4 members (excludes halogenated alkanes) is 6. The third-order valence-corrected chi connectivity index (χ3v) is 5.30. The van der Waals surface area contributed by atoms with Crippen LogP contribution in [0.25, 0.3) is 0 Å². The molecule has 3 atom stereocenters. The molecule has 2 nitrogen and oxygen atoms in total. The Balaban J connectivity index is 4.18. The monoisotopic (exact) mass is 326 g/mol. The average Bonchev–Trinajstić information content (AvgIpc) is 2.51. The standard InChI is InChI=1S/C21H42O2/c1-5-8-9-10-11-12-13-16-20(21(22)23)17-19(15-7-3)18(4)14-6-2/h18-20H,5-17H2,1-4H3,(H,22,23). The van der Waals surface area contributed by atoms with E-state index < -0.39 is 5.97 Å². The van der Waals surface area contributed by atoms with Gasteiger partial charge in [-0.15, -0.1) is 0 Å². The molecule has 2 heteroatoms. The second kappa shape index (κ2) is 15.0. The zero-order valence-electron chi connectivity index (χ0n) is 16.3. The maximum absolute atomic E-state index is 11.6. The van der Waals surface area contributed by atoms with Crippen molar-refractivity contribution in [2.75, 3.05) is 0 Å². The molecule has 1 N–H and O–H groups in total. The van der Waals surface area contributed by atoms with Crippen LogP contribution in [0.4, 0.5) is 0 Å². The molecular formula is C21H42O2. The van der Waals surface area contributed by atoms with Crippen molar-refractivity contribution >= 4 is 5.97 Å². The molecule has 0 aliphatic rings. The maximum atomic E-state index is 11.6. The van der Waals surface area contributed by atoms with Crippen molar-refractivity contribution in [1.29, 1.82) is 0 Å². The number of rotatable bonds is 16. The van der Waals surface area contributed by atoms with E-state index in [-0.39, 0.29) is 5.92 Å². The molecule has 3 unspecified atom stereocenters. The molecule has 0 spiro atoms. The van der Waals surface area contributed by atoms with Crippen LogP contribution in [0.1, 0.15) is 111 Å². The minimum absolute atomic E-state index is 0.124. The minimum Gasteiger partial charge on any atom is -0.481 e. The fraction of sp³-hybridized carbons (Fsp3) is 0.952. The van der Waals surface area contributed by atoms with Gasteiger partial charge in [0, 0.05) is 0 Å². The topological polar surface area (TPSA) is 37.3 Å². The Kier molecular flexibility index (Phi) is 14.7. The molecule has 0 saturated carbocycles. The molecule has 0 radical (unpaired) electrons. The van der Waals surface area contributed by atoms with Crippen LogP contribution in [0.2, 0.25) is 0 Å². The van der Waals surface area contributed by atoms with Crippen LogP contribution in [-0.4, -0.2) is 11.1 Å². The van der Waals surface area contributed by atoms with Crippen molar-refractivity contribution in [2.45, 2.75) is 111 Å². The highest BCUT2D eigenvalue weighted by atomic mass is 16.4. The molecule has 0 bridgehead atoms. The number of aliphatic carboxylic acids is 1. The van der Waals surface area contributed by atoms with E-state index in [1.54, 1.807) is 0 Å². The number of carboxylic acids is 1. The molecule has 23 heavy (non-hydrogen) atoms. The summed E-state index contributed by atoms with van der Waals surface area (Å²) in [7, 11) is 0. The molecule has 0 fully saturated rings. The van der Waals surface area contributed by atoms with Gasteiger partial charge < -0.3 is 5.11 Å². The zero-order valence-corrected chi connectivity index (χ0v) is 16.3. The number of hydrogen-bond donors (Lipinski definition) is 1. The lowest BCUT2D eigenvalue weighted by molar-refractivity contribution is -0.142. The molecule has 0 rings (SSSR count). The Morgan fingerprint density at radius 3 is 1.87 bits per heavy atom. The molecule has 0 amide bonds. The van der Waals surface area contributed by atoms with E-state index >= 15 is 0 Å². The third kappa shape index (κ3) is 11.6. The lowest BCUT2D eigenvalue weighted by Crippen LogP contribution is -2.22. The van der Waals surface area contributed by atoms with Gasteiger partial charge in [-0.25, -0.2) is 0 Å². The number of carboxylic acid groups (broad SMARTS) is 1. The third-order valence-electron chi connectivity index (χ3n) is 5.30. The Hall–Kier alpha value is -0.530. The summed E-state index contributed by atoms with van der Waals surface area (Å²) < 4.78 is 0. The molecule has 0 heterocycles. The molecule has 0 aliphatic heterocycles. The lowest BCUT2D eigenvalue weighted by atomic mass is 9.79. The Labute approximate surface area is 145 Å². The first-order valence-corrected chi connectivity index (χ1v) is 10.3. The fourth-order valence-electron chi connectivity index (χ4n) is 3.75. The van der Waals surface area contributed by atoms with Crippen molar-refractivity contribution < 1.29 is 9.90 Å². The van der Waals surface area contributed by atoms with Crippen LogP contribution in [-0.2, 0) is 4.79 Å². The molecule has 138 valence electrons. The summed E-state index contributed by atoms with van der Waals surface area (Å²) in [5.74, 6) is 0.559. The van der Waals surface area contributed by atoms with Crippen LogP contribution >= 0.6 is 0 Å². The van der Waals surface area contributed by atoms with E-state index in [4.69, 9.17) is 0 Å². The van der Waals surface area contributed by atoms with Gasteiger partial charge in [-0.3, -0.25) is 4.79 Å². The maximum Gasteiger partial charge on any atom is 0.306 e. The minimum atomic E-state index is -0.569. The lowest BCUT2D eigenvalue weighted by Gasteiger charge is -2.26. The molecule has 0 aromatic carbocycles. The first-order chi connectivity index (χ1) is 11.1. The van der Waals surface area contributed by atoms with Gasteiger partial charge in [-0.1, -0.05) is 98.3 Å². The van der Waals surface area contributed by atoms with Crippen LogP contribution in [0, 0.1) is 17.8 Å².